The molecule has 1 atom stereocenters. The monoisotopic (exact) mass is 235 g/mol. The lowest BCUT2D eigenvalue weighted by Gasteiger charge is -2.41. The van der Waals surface area contributed by atoms with Crippen LogP contribution in [-0.2, 0) is 4.79 Å². The van der Waals surface area contributed by atoms with Gasteiger partial charge >= 0.3 is 0 Å². The Bertz CT molecular complexity index is 172. The molecule has 1 rings (SSSR count). The Kier molecular flexibility index (Phi) is 3.12. The van der Waals surface area contributed by atoms with Gasteiger partial charge < -0.3 is 10.4 Å². The Morgan fingerprint density at radius 2 is 2.33 bits per heavy atom. The smallest absolute Gasteiger partial charge is 0.234 e. The molecule has 0 saturated heterocycles. The first-order valence-corrected chi connectivity index (χ1v) is 5.08. The summed E-state index contributed by atoms with van der Waals surface area (Å²) in [5.74, 6) is -0.0382. The summed E-state index contributed by atoms with van der Waals surface area (Å²) in [7, 11) is 0. The summed E-state index contributed by atoms with van der Waals surface area (Å²) in [6.07, 6.45) is 2.89. The van der Waals surface area contributed by atoms with Crippen LogP contribution in [0, 0.1) is 0 Å². The van der Waals surface area contributed by atoms with Crippen LogP contribution in [0.15, 0.2) is 0 Å². The SMILES string of the molecule is CC(Br)C(=O)NC1(CO)CCC1. The molecule has 1 aliphatic rings. The second kappa shape index (κ2) is 3.75. The van der Waals surface area contributed by atoms with Crippen LogP contribution in [0.3, 0.4) is 0 Å². The third-order valence-corrected chi connectivity index (χ3v) is 2.78. The highest BCUT2D eigenvalue weighted by Crippen LogP contribution is 2.31. The van der Waals surface area contributed by atoms with E-state index in [1.165, 1.54) is 0 Å². The fourth-order valence-corrected chi connectivity index (χ4v) is 1.40. The Morgan fingerprint density at radius 1 is 1.75 bits per heavy atom. The number of aliphatic hydroxyl groups excluding tert-OH is 1. The molecule has 0 heterocycles. The van der Waals surface area contributed by atoms with E-state index in [1.54, 1.807) is 6.92 Å². The molecular formula is C8H14BrNO2. The first-order chi connectivity index (χ1) is 5.59. The Morgan fingerprint density at radius 3 is 2.58 bits per heavy atom. The van der Waals surface area contributed by atoms with Gasteiger partial charge in [-0.2, -0.15) is 0 Å². The van der Waals surface area contributed by atoms with E-state index in [0.717, 1.165) is 19.3 Å². The molecule has 0 radical (unpaired) electrons. The van der Waals surface area contributed by atoms with Crippen molar-refractivity contribution in [2.24, 2.45) is 0 Å². The molecule has 70 valence electrons. The van der Waals surface area contributed by atoms with Crippen LogP contribution >= 0.6 is 15.9 Å². The van der Waals surface area contributed by atoms with Gasteiger partial charge in [-0.3, -0.25) is 4.79 Å². The zero-order valence-corrected chi connectivity index (χ0v) is 8.73. The van der Waals surface area contributed by atoms with Crippen LogP contribution in [0.5, 0.6) is 0 Å². The molecule has 1 unspecified atom stereocenters. The molecule has 2 N–H and O–H groups in total. The minimum absolute atomic E-state index is 0.0382. The van der Waals surface area contributed by atoms with Gasteiger partial charge in [0.1, 0.15) is 0 Å². The van der Waals surface area contributed by atoms with Crippen molar-refractivity contribution in [3.05, 3.63) is 0 Å². The number of nitrogens with one attached hydrogen (secondary N) is 1. The summed E-state index contributed by atoms with van der Waals surface area (Å²) in [5, 5.41) is 11.9. The number of amides is 1. The van der Waals surface area contributed by atoms with Crippen molar-refractivity contribution >= 4 is 21.8 Å². The normalized spacial score (nSPS) is 22.6. The van der Waals surface area contributed by atoms with Crippen molar-refractivity contribution in [1.29, 1.82) is 0 Å². The first-order valence-electron chi connectivity index (χ1n) is 4.17. The maximum Gasteiger partial charge on any atom is 0.234 e. The van der Waals surface area contributed by atoms with E-state index in [-0.39, 0.29) is 22.9 Å². The average molecular weight is 236 g/mol. The van der Waals surface area contributed by atoms with Crippen LogP contribution in [0.25, 0.3) is 0 Å². The lowest BCUT2D eigenvalue weighted by atomic mass is 9.77. The fraction of sp³-hybridized carbons (Fsp3) is 0.875. The topological polar surface area (TPSA) is 49.3 Å². The van der Waals surface area contributed by atoms with E-state index in [4.69, 9.17) is 5.11 Å². The molecule has 1 aliphatic carbocycles. The van der Waals surface area contributed by atoms with Gasteiger partial charge in [-0.1, -0.05) is 15.9 Å². The van der Waals surface area contributed by atoms with E-state index < -0.39 is 0 Å². The fourth-order valence-electron chi connectivity index (χ4n) is 1.29. The molecule has 0 aliphatic heterocycles. The highest BCUT2D eigenvalue weighted by atomic mass is 79.9. The average Bonchev–Trinajstić information content (AvgIpc) is 1.96. The van der Waals surface area contributed by atoms with Gasteiger partial charge in [-0.25, -0.2) is 0 Å². The van der Waals surface area contributed by atoms with E-state index in [0.29, 0.717) is 0 Å². The third kappa shape index (κ3) is 1.98. The molecule has 1 amide bonds. The number of halogens is 1. The van der Waals surface area contributed by atoms with Crippen molar-refractivity contribution in [3.8, 4) is 0 Å². The van der Waals surface area contributed by atoms with Gasteiger partial charge in [0, 0.05) is 0 Å². The van der Waals surface area contributed by atoms with Gasteiger partial charge in [0.2, 0.25) is 5.91 Å². The lowest BCUT2D eigenvalue weighted by Crippen LogP contribution is -2.57. The Hall–Kier alpha value is -0.0900. The number of carbonyl (C=O) groups is 1. The predicted molar refractivity (Wildman–Crippen MR) is 50.2 cm³/mol. The molecule has 0 bridgehead atoms. The molecule has 3 nitrogen and oxygen atoms in total. The molecule has 0 aromatic rings. The van der Waals surface area contributed by atoms with Gasteiger partial charge in [0.25, 0.3) is 0 Å². The quantitative estimate of drug-likeness (QED) is 0.712. The first kappa shape index (κ1) is 9.99. The molecular weight excluding hydrogens is 222 g/mol. The van der Waals surface area contributed by atoms with E-state index >= 15 is 0 Å². The summed E-state index contributed by atoms with van der Waals surface area (Å²) in [4.78, 5) is 11.1. The molecule has 0 aromatic carbocycles. The number of hydrogen-bond donors (Lipinski definition) is 2. The van der Waals surface area contributed by atoms with Gasteiger partial charge in [-0.15, -0.1) is 0 Å². The number of alkyl halides is 1. The molecule has 1 saturated carbocycles. The maximum absolute atomic E-state index is 11.2. The molecule has 0 aromatic heterocycles. The third-order valence-electron chi connectivity index (χ3n) is 2.36. The zero-order valence-electron chi connectivity index (χ0n) is 7.14. The summed E-state index contributed by atoms with van der Waals surface area (Å²) in [5.41, 5.74) is -0.306. The number of rotatable bonds is 3. The van der Waals surface area contributed by atoms with Crippen LogP contribution in [0.1, 0.15) is 26.2 Å². The van der Waals surface area contributed by atoms with Gasteiger partial charge in [0.05, 0.1) is 17.0 Å². The van der Waals surface area contributed by atoms with Crippen LogP contribution in [0.2, 0.25) is 0 Å². The van der Waals surface area contributed by atoms with Crippen molar-refractivity contribution in [3.63, 3.8) is 0 Å². The molecule has 12 heavy (non-hydrogen) atoms. The minimum Gasteiger partial charge on any atom is -0.394 e. The van der Waals surface area contributed by atoms with E-state index in [9.17, 15) is 4.79 Å². The number of hydrogen-bond acceptors (Lipinski definition) is 2. The number of aliphatic hydroxyl groups is 1. The Labute approximate surface area is 80.7 Å². The van der Waals surface area contributed by atoms with Crippen molar-refractivity contribution < 1.29 is 9.90 Å². The molecule has 1 fully saturated rings. The van der Waals surface area contributed by atoms with Crippen LogP contribution in [-0.4, -0.2) is 28.0 Å². The summed E-state index contributed by atoms with van der Waals surface area (Å²) in [6, 6.07) is 0. The molecule has 0 spiro atoms. The van der Waals surface area contributed by atoms with E-state index in [1.807, 2.05) is 0 Å². The molecule has 4 heteroatoms. The van der Waals surface area contributed by atoms with Gasteiger partial charge in [0.15, 0.2) is 0 Å². The Balaban J connectivity index is 2.43. The largest absolute Gasteiger partial charge is 0.394 e. The second-order valence-corrected chi connectivity index (χ2v) is 4.77. The predicted octanol–water partition coefficient (Wildman–Crippen LogP) is 0.801. The standard InChI is InChI=1S/C8H14BrNO2/c1-6(9)7(12)10-8(5-11)3-2-4-8/h6,11H,2-5H2,1H3,(H,10,12). The highest BCUT2D eigenvalue weighted by molar-refractivity contribution is 9.10. The maximum atomic E-state index is 11.2. The van der Waals surface area contributed by atoms with Crippen LogP contribution < -0.4 is 5.32 Å². The summed E-state index contributed by atoms with van der Waals surface area (Å²) < 4.78 is 0. The second-order valence-electron chi connectivity index (χ2n) is 3.40. The zero-order chi connectivity index (χ0) is 9.19. The lowest BCUT2D eigenvalue weighted by molar-refractivity contribution is -0.124. The summed E-state index contributed by atoms with van der Waals surface area (Å²) >= 11 is 3.18. The summed E-state index contributed by atoms with van der Waals surface area (Å²) in [6.45, 7) is 1.83. The van der Waals surface area contributed by atoms with E-state index in [2.05, 4.69) is 21.2 Å². The van der Waals surface area contributed by atoms with Crippen molar-refractivity contribution in [2.45, 2.75) is 36.6 Å². The minimum atomic E-state index is -0.306. The van der Waals surface area contributed by atoms with Crippen molar-refractivity contribution in [1.82, 2.24) is 5.32 Å². The van der Waals surface area contributed by atoms with Gasteiger partial charge in [-0.05, 0) is 26.2 Å². The number of carbonyl (C=O) groups excluding carboxylic acids is 1. The van der Waals surface area contributed by atoms with Crippen LogP contribution in [0.4, 0.5) is 0 Å². The van der Waals surface area contributed by atoms with Crippen molar-refractivity contribution in [2.75, 3.05) is 6.61 Å². The highest BCUT2D eigenvalue weighted by Gasteiger charge is 2.38.